The van der Waals surface area contributed by atoms with Crippen LogP contribution in [0.25, 0.3) is 0 Å². The van der Waals surface area contributed by atoms with E-state index in [2.05, 4.69) is 0 Å². The first-order valence-corrected chi connectivity index (χ1v) is 11.2. The van der Waals surface area contributed by atoms with Gasteiger partial charge in [0.2, 0.25) is 5.91 Å². The molecule has 2 aliphatic heterocycles. The topological polar surface area (TPSA) is 59.1 Å². The van der Waals surface area contributed by atoms with E-state index >= 15 is 0 Å². The predicted molar refractivity (Wildman–Crippen MR) is 119 cm³/mol. The van der Waals surface area contributed by atoms with Gasteiger partial charge in [0.15, 0.2) is 6.10 Å². The van der Waals surface area contributed by atoms with Crippen molar-refractivity contribution in [1.82, 2.24) is 4.90 Å². The minimum atomic E-state index is -0.629. The van der Waals surface area contributed by atoms with E-state index < -0.39 is 6.10 Å². The maximum atomic E-state index is 14.3. The summed E-state index contributed by atoms with van der Waals surface area (Å²) < 4.78 is 25.9. The van der Waals surface area contributed by atoms with E-state index in [-0.39, 0.29) is 36.8 Å². The summed E-state index contributed by atoms with van der Waals surface area (Å²) in [6.45, 7) is 4.84. The van der Waals surface area contributed by atoms with Gasteiger partial charge in [-0.3, -0.25) is 14.5 Å². The fraction of sp³-hybridized carbons (Fsp3) is 0.440. The second kappa shape index (κ2) is 9.69. The lowest BCUT2D eigenvalue weighted by Gasteiger charge is -2.35. The van der Waals surface area contributed by atoms with E-state index in [1.165, 1.54) is 11.0 Å². The smallest absolute Gasteiger partial charge is 0.268 e. The largest absolute Gasteiger partial charge is 0.478 e. The van der Waals surface area contributed by atoms with Crippen LogP contribution in [0.3, 0.4) is 0 Å². The van der Waals surface area contributed by atoms with Gasteiger partial charge in [-0.2, -0.15) is 0 Å². The lowest BCUT2D eigenvalue weighted by Crippen LogP contribution is -2.51. The molecule has 6 nitrogen and oxygen atoms in total. The van der Waals surface area contributed by atoms with Crippen LogP contribution in [0.15, 0.2) is 42.5 Å². The Kier molecular flexibility index (Phi) is 6.74. The van der Waals surface area contributed by atoms with Crippen LogP contribution in [0.1, 0.15) is 37.3 Å². The molecule has 2 atom stereocenters. The lowest BCUT2D eigenvalue weighted by molar-refractivity contribution is -0.135. The predicted octanol–water partition coefficient (Wildman–Crippen LogP) is 3.85. The van der Waals surface area contributed by atoms with E-state index in [1.54, 1.807) is 23.1 Å². The summed E-state index contributed by atoms with van der Waals surface area (Å²) in [5.41, 5.74) is 2.00. The van der Waals surface area contributed by atoms with Crippen LogP contribution in [0.5, 0.6) is 5.75 Å². The third kappa shape index (κ3) is 4.78. The molecule has 2 aromatic carbocycles. The number of rotatable bonds is 7. The second-order valence-corrected chi connectivity index (χ2v) is 8.41. The Hall–Kier alpha value is -2.93. The molecule has 0 aliphatic carbocycles. The molecule has 0 aromatic heterocycles. The van der Waals surface area contributed by atoms with Crippen molar-refractivity contribution in [2.75, 3.05) is 24.6 Å². The van der Waals surface area contributed by atoms with Crippen molar-refractivity contribution in [3.63, 3.8) is 0 Å². The van der Waals surface area contributed by atoms with Crippen molar-refractivity contribution in [2.24, 2.45) is 0 Å². The Morgan fingerprint density at radius 2 is 2.06 bits per heavy atom. The average molecular weight is 441 g/mol. The molecular formula is C25H29FN2O4. The number of carbonyl (C=O) groups is 2. The van der Waals surface area contributed by atoms with Crippen LogP contribution in [-0.2, 0) is 20.9 Å². The molecular weight excluding hydrogens is 411 g/mol. The van der Waals surface area contributed by atoms with Crippen molar-refractivity contribution in [3.05, 3.63) is 59.4 Å². The van der Waals surface area contributed by atoms with Gasteiger partial charge in [0.05, 0.1) is 11.8 Å². The standard InChI is InChI=1S/C25H29FN2O4/c1-3-22-25(30)28(21-13-17(2)10-11-23(21)32-22)16-24(29)27(15-19-8-6-12-31-19)14-18-7-4-5-9-20(18)26/h4-5,7,9-11,13,19,22H,3,6,8,12,14-16H2,1-2H3/t19-,22+/m0/s1. The number of hydrogen-bond acceptors (Lipinski definition) is 4. The van der Waals surface area contributed by atoms with E-state index in [0.717, 1.165) is 18.4 Å². The number of benzene rings is 2. The highest BCUT2D eigenvalue weighted by atomic mass is 19.1. The number of halogens is 1. The van der Waals surface area contributed by atoms with Crippen molar-refractivity contribution < 1.29 is 23.5 Å². The van der Waals surface area contributed by atoms with Crippen LogP contribution in [0, 0.1) is 12.7 Å². The highest BCUT2D eigenvalue weighted by molar-refractivity contribution is 6.03. The fourth-order valence-electron chi connectivity index (χ4n) is 4.21. The normalized spacial score (nSPS) is 20.1. The minimum absolute atomic E-state index is 0.0796. The number of anilines is 1. The van der Waals surface area contributed by atoms with Crippen molar-refractivity contribution >= 4 is 17.5 Å². The Labute approximate surface area is 187 Å². The number of hydrogen-bond donors (Lipinski definition) is 0. The van der Waals surface area contributed by atoms with E-state index in [4.69, 9.17) is 9.47 Å². The number of amides is 2. The van der Waals surface area contributed by atoms with Gasteiger partial charge >= 0.3 is 0 Å². The number of ether oxygens (including phenoxy) is 2. The van der Waals surface area contributed by atoms with Gasteiger partial charge in [-0.1, -0.05) is 31.2 Å². The molecule has 2 heterocycles. The number of nitrogens with zero attached hydrogens (tertiary/aromatic N) is 2. The monoisotopic (exact) mass is 440 g/mol. The molecule has 4 rings (SSSR count). The Morgan fingerprint density at radius 3 is 2.78 bits per heavy atom. The lowest BCUT2D eigenvalue weighted by atomic mass is 10.1. The maximum absolute atomic E-state index is 14.3. The summed E-state index contributed by atoms with van der Waals surface area (Å²) in [6.07, 6.45) is 1.60. The Morgan fingerprint density at radius 1 is 1.25 bits per heavy atom. The van der Waals surface area contributed by atoms with Gasteiger partial charge in [-0.25, -0.2) is 4.39 Å². The number of aryl methyl sites for hydroxylation is 1. The van der Waals surface area contributed by atoms with Crippen LogP contribution >= 0.6 is 0 Å². The molecule has 0 unspecified atom stereocenters. The summed E-state index contributed by atoms with van der Waals surface area (Å²) in [6, 6.07) is 12.1. The highest BCUT2D eigenvalue weighted by Gasteiger charge is 2.36. The minimum Gasteiger partial charge on any atom is -0.478 e. The molecule has 1 fully saturated rings. The molecule has 1 saturated heterocycles. The third-order valence-electron chi connectivity index (χ3n) is 6.00. The van der Waals surface area contributed by atoms with Gasteiger partial charge in [0.1, 0.15) is 18.1 Å². The second-order valence-electron chi connectivity index (χ2n) is 8.41. The first kappa shape index (κ1) is 22.3. The number of carbonyl (C=O) groups excluding carboxylic acids is 2. The zero-order valence-corrected chi connectivity index (χ0v) is 18.6. The molecule has 2 aliphatic rings. The first-order valence-electron chi connectivity index (χ1n) is 11.2. The van der Waals surface area contributed by atoms with Crippen molar-refractivity contribution in [2.45, 2.75) is 51.9 Å². The van der Waals surface area contributed by atoms with Crippen LogP contribution in [0.4, 0.5) is 10.1 Å². The Balaban J connectivity index is 1.59. The first-order chi connectivity index (χ1) is 15.5. The van der Waals surface area contributed by atoms with E-state index in [1.807, 2.05) is 32.0 Å². The zero-order chi connectivity index (χ0) is 22.7. The molecule has 170 valence electrons. The summed E-state index contributed by atoms with van der Waals surface area (Å²) in [5, 5.41) is 0. The quantitative estimate of drug-likeness (QED) is 0.656. The summed E-state index contributed by atoms with van der Waals surface area (Å²) >= 11 is 0. The van der Waals surface area contributed by atoms with Gasteiger partial charge in [0.25, 0.3) is 5.91 Å². The van der Waals surface area contributed by atoms with E-state index in [0.29, 0.717) is 36.6 Å². The number of fused-ring (bicyclic) bond motifs is 1. The maximum Gasteiger partial charge on any atom is 0.268 e. The Bertz CT molecular complexity index is 990. The molecule has 2 aromatic rings. The molecule has 0 N–H and O–H groups in total. The van der Waals surface area contributed by atoms with Gasteiger partial charge in [-0.05, 0) is 49.9 Å². The van der Waals surface area contributed by atoms with Crippen molar-refractivity contribution in [3.8, 4) is 5.75 Å². The molecule has 0 saturated carbocycles. The zero-order valence-electron chi connectivity index (χ0n) is 18.6. The molecule has 0 spiro atoms. The summed E-state index contributed by atoms with van der Waals surface area (Å²) in [7, 11) is 0. The summed E-state index contributed by atoms with van der Waals surface area (Å²) in [5.74, 6) is -0.245. The molecule has 0 bridgehead atoms. The third-order valence-corrected chi connectivity index (χ3v) is 6.00. The van der Waals surface area contributed by atoms with Crippen LogP contribution in [0.2, 0.25) is 0 Å². The fourth-order valence-corrected chi connectivity index (χ4v) is 4.21. The van der Waals surface area contributed by atoms with Gasteiger partial charge in [-0.15, -0.1) is 0 Å². The van der Waals surface area contributed by atoms with Gasteiger partial charge < -0.3 is 14.4 Å². The van der Waals surface area contributed by atoms with Crippen molar-refractivity contribution in [1.29, 1.82) is 0 Å². The molecule has 2 amide bonds. The molecule has 32 heavy (non-hydrogen) atoms. The summed E-state index contributed by atoms with van der Waals surface area (Å²) in [4.78, 5) is 29.7. The molecule has 0 radical (unpaired) electrons. The van der Waals surface area contributed by atoms with Gasteiger partial charge in [0, 0.05) is 25.3 Å². The van der Waals surface area contributed by atoms with E-state index in [9.17, 15) is 14.0 Å². The van der Waals surface area contributed by atoms with Crippen LogP contribution < -0.4 is 9.64 Å². The highest BCUT2D eigenvalue weighted by Crippen LogP contribution is 2.35. The molecule has 7 heteroatoms. The average Bonchev–Trinajstić information content (AvgIpc) is 3.30. The SMILES string of the molecule is CC[C@H]1Oc2ccc(C)cc2N(CC(=O)N(Cc2ccccc2F)C[C@@H]2CCCO2)C1=O. The van der Waals surface area contributed by atoms with Crippen LogP contribution in [-0.4, -0.2) is 48.6 Å².